The topological polar surface area (TPSA) is 150 Å². The molecule has 0 spiro atoms. The van der Waals surface area contributed by atoms with E-state index in [-0.39, 0.29) is 31.9 Å². The Labute approximate surface area is 193 Å². The maximum Gasteiger partial charge on any atom is 0.305 e. The normalized spacial score (nSPS) is 13.2. The zero-order valence-corrected chi connectivity index (χ0v) is 18.8. The molecule has 33 heavy (non-hydrogen) atoms. The van der Waals surface area contributed by atoms with E-state index in [4.69, 9.17) is 28.8 Å². The van der Waals surface area contributed by atoms with Gasteiger partial charge < -0.3 is 34.1 Å². The van der Waals surface area contributed by atoms with Crippen LogP contribution in [0.2, 0.25) is 0 Å². The van der Waals surface area contributed by atoms with Crippen LogP contribution in [-0.4, -0.2) is 113 Å². The van der Waals surface area contributed by atoms with Crippen molar-refractivity contribution in [2.45, 2.75) is 19.3 Å². The average molecular weight is 475 g/mol. The third-order valence-electron chi connectivity index (χ3n) is 4.19. The fourth-order valence-electron chi connectivity index (χ4n) is 2.50. The number of hydrogen-bond acceptors (Lipinski definition) is 9. The maximum atomic E-state index is 11.7. The van der Waals surface area contributed by atoms with Gasteiger partial charge in [-0.05, 0) is 6.42 Å². The van der Waals surface area contributed by atoms with Crippen LogP contribution in [-0.2, 0) is 42.9 Å². The van der Waals surface area contributed by atoms with Crippen molar-refractivity contribution in [1.29, 1.82) is 0 Å². The van der Waals surface area contributed by atoms with Crippen molar-refractivity contribution in [3.8, 4) is 0 Å². The van der Waals surface area contributed by atoms with Crippen LogP contribution in [0.4, 0.5) is 0 Å². The standard InChI is InChI=1S/C21H34N2O10/c24-18(4-7-23-19(25)2-3-20(23)26)22-6-11-32-15-17-33-16-13-30-9-1-8-29-12-14-31-10-5-21(27)28/h2-3H,1,4-17H2,(H,22,24)(H,27,28). The number of carboxylic acid groups (broad SMARTS) is 1. The number of carbonyl (C=O) groups is 4. The predicted octanol–water partition coefficient (Wildman–Crippen LogP) is -0.634. The summed E-state index contributed by atoms with van der Waals surface area (Å²) >= 11 is 0. The SMILES string of the molecule is O=C(O)CCOCCOCCCOCCOCCOCCNC(=O)CCN1C(=O)C=CC1=O. The predicted molar refractivity (Wildman–Crippen MR) is 114 cm³/mol. The van der Waals surface area contributed by atoms with Crippen molar-refractivity contribution < 1.29 is 48.0 Å². The molecule has 1 heterocycles. The number of imide groups is 1. The molecule has 0 fully saturated rings. The molecule has 0 atom stereocenters. The fraction of sp³-hybridized carbons (Fsp3) is 0.714. The molecule has 188 valence electrons. The van der Waals surface area contributed by atoms with Crippen LogP contribution in [0.15, 0.2) is 12.2 Å². The van der Waals surface area contributed by atoms with Crippen LogP contribution in [0.1, 0.15) is 19.3 Å². The highest BCUT2D eigenvalue weighted by atomic mass is 16.5. The maximum absolute atomic E-state index is 11.7. The molecule has 1 aliphatic rings. The lowest BCUT2D eigenvalue weighted by Gasteiger charge is -2.13. The summed E-state index contributed by atoms with van der Waals surface area (Å²) in [6, 6.07) is 0. The van der Waals surface area contributed by atoms with E-state index in [2.05, 4.69) is 5.32 Å². The Morgan fingerprint density at radius 2 is 1.21 bits per heavy atom. The minimum absolute atomic E-state index is 0.00658. The summed E-state index contributed by atoms with van der Waals surface area (Å²) in [7, 11) is 0. The van der Waals surface area contributed by atoms with Gasteiger partial charge in [0.25, 0.3) is 11.8 Å². The highest BCUT2D eigenvalue weighted by Gasteiger charge is 2.23. The van der Waals surface area contributed by atoms with Crippen LogP contribution in [0.3, 0.4) is 0 Å². The lowest BCUT2D eigenvalue weighted by atomic mass is 10.3. The van der Waals surface area contributed by atoms with Crippen LogP contribution in [0, 0.1) is 0 Å². The molecule has 12 nitrogen and oxygen atoms in total. The monoisotopic (exact) mass is 474 g/mol. The van der Waals surface area contributed by atoms with E-state index in [1.807, 2.05) is 0 Å². The molecule has 0 aromatic carbocycles. The lowest BCUT2D eigenvalue weighted by molar-refractivity contribution is -0.139. The Morgan fingerprint density at radius 1 is 0.727 bits per heavy atom. The van der Waals surface area contributed by atoms with Crippen molar-refractivity contribution in [3.05, 3.63) is 12.2 Å². The van der Waals surface area contributed by atoms with Crippen molar-refractivity contribution in [2.75, 3.05) is 79.2 Å². The lowest BCUT2D eigenvalue weighted by Crippen LogP contribution is -2.35. The van der Waals surface area contributed by atoms with Gasteiger partial charge in [0.15, 0.2) is 0 Å². The summed E-state index contributed by atoms with van der Waals surface area (Å²) in [6.07, 6.45) is 3.16. The van der Waals surface area contributed by atoms with Crippen LogP contribution < -0.4 is 5.32 Å². The third-order valence-corrected chi connectivity index (χ3v) is 4.19. The molecule has 0 bridgehead atoms. The van der Waals surface area contributed by atoms with E-state index in [1.165, 1.54) is 12.2 Å². The Balaban J connectivity index is 1.74. The highest BCUT2D eigenvalue weighted by molar-refractivity contribution is 6.13. The summed E-state index contributed by atoms with van der Waals surface area (Å²) < 4.78 is 26.6. The molecule has 1 aliphatic heterocycles. The van der Waals surface area contributed by atoms with Crippen LogP contribution >= 0.6 is 0 Å². The summed E-state index contributed by atoms with van der Waals surface area (Å²) in [5.74, 6) is -1.93. The number of carboxylic acids is 1. The number of ether oxygens (including phenoxy) is 5. The Bertz CT molecular complexity index is 608. The minimum atomic E-state index is -0.880. The zero-order chi connectivity index (χ0) is 24.2. The smallest absolute Gasteiger partial charge is 0.305 e. The molecule has 0 aliphatic carbocycles. The van der Waals surface area contributed by atoms with Gasteiger partial charge in [0.2, 0.25) is 5.91 Å². The fourth-order valence-corrected chi connectivity index (χ4v) is 2.50. The van der Waals surface area contributed by atoms with E-state index in [9.17, 15) is 19.2 Å². The van der Waals surface area contributed by atoms with E-state index in [0.29, 0.717) is 66.0 Å². The Morgan fingerprint density at radius 3 is 1.76 bits per heavy atom. The number of nitrogens with one attached hydrogen (secondary N) is 1. The van der Waals surface area contributed by atoms with Crippen molar-refractivity contribution in [2.24, 2.45) is 0 Å². The molecular weight excluding hydrogens is 440 g/mol. The molecule has 0 saturated heterocycles. The van der Waals surface area contributed by atoms with Gasteiger partial charge in [-0.1, -0.05) is 0 Å². The van der Waals surface area contributed by atoms with Crippen LogP contribution in [0.5, 0.6) is 0 Å². The molecule has 0 radical (unpaired) electrons. The number of rotatable bonds is 22. The van der Waals surface area contributed by atoms with Gasteiger partial charge in [-0.25, -0.2) is 0 Å². The van der Waals surface area contributed by atoms with Gasteiger partial charge in [-0.3, -0.25) is 24.1 Å². The van der Waals surface area contributed by atoms with Gasteiger partial charge in [-0.2, -0.15) is 0 Å². The third kappa shape index (κ3) is 16.0. The second-order valence-corrected chi connectivity index (χ2v) is 6.82. The first-order chi connectivity index (χ1) is 16.0. The number of aliphatic carboxylic acids is 1. The molecular formula is C21H34N2O10. The van der Waals surface area contributed by atoms with Crippen molar-refractivity contribution >= 4 is 23.7 Å². The second kappa shape index (κ2) is 19.1. The van der Waals surface area contributed by atoms with E-state index < -0.39 is 17.8 Å². The Hall–Kier alpha value is -2.38. The molecule has 12 heteroatoms. The van der Waals surface area contributed by atoms with Gasteiger partial charge in [-0.15, -0.1) is 0 Å². The minimum Gasteiger partial charge on any atom is -0.481 e. The molecule has 0 saturated carbocycles. The largest absolute Gasteiger partial charge is 0.481 e. The van der Waals surface area contributed by atoms with Gasteiger partial charge >= 0.3 is 5.97 Å². The first-order valence-corrected chi connectivity index (χ1v) is 10.9. The summed E-state index contributed by atoms with van der Waals surface area (Å²) in [4.78, 5) is 45.8. The molecule has 3 amide bonds. The average Bonchev–Trinajstić information content (AvgIpc) is 3.10. The molecule has 0 unspecified atom stereocenters. The Kier molecular flexibility index (Phi) is 16.6. The van der Waals surface area contributed by atoms with Crippen LogP contribution in [0.25, 0.3) is 0 Å². The number of amides is 3. The van der Waals surface area contributed by atoms with Gasteiger partial charge in [0, 0.05) is 44.9 Å². The van der Waals surface area contributed by atoms with Gasteiger partial charge in [0.1, 0.15) is 0 Å². The van der Waals surface area contributed by atoms with Gasteiger partial charge in [0.05, 0.1) is 59.3 Å². The number of hydrogen-bond donors (Lipinski definition) is 2. The molecule has 2 N–H and O–H groups in total. The van der Waals surface area contributed by atoms with E-state index >= 15 is 0 Å². The van der Waals surface area contributed by atoms with Crippen molar-refractivity contribution in [3.63, 3.8) is 0 Å². The summed E-state index contributed by atoms with van der Waals surface area (Å²) in [5.41, 5.74) is 0. The summed E-state index contributed by atoms with van der Waals surface area (Å²) in [6.45, 7) is 4.51. The zero-order valence-electron chi connectivity index (χ0n) is 18.8. The molecule has 0 aromatic heterocycles. The molecule has 0 aromatic rings. The molecule has 1 rings (SSSR count). The van der Waals surface area contributed by atoms with E-state index in [0.717, 1.165) is 11.3 Å². The number of carbonyl (C=O) groups excluding carboxylic acids is 3. The van der Waals surface area contributed by atoms with Crippen molar-refractivity contribution in [1.82, 2.24) is 10.2 Å². The first kappa shape index (κ1) is 28.7. The quantitative estimate of drug-likeness (QED) is 0.153. The summed E-state index contributed by atoms with van der Waals surface area (Å²) in [5, 5.41) is 11.1. The highest BCUT2D eigenvalue weighted by Crippen LogP contribution is 2.03. The number of nitrogens with zero attached hydrogens (tertiary/aromatic N) is 1. The second-order valence-electron chi connectivity index (χ2n) is 6.82. The van der Waals surface area contributed by atoms with E-state index in [1.54, 1.807) is 0 Å². The first-order valence-electron chi connectivity index (χ1n) is 10.9.